The maximum Gasteiger partial charge on any atom is 0.307 e. The minimum absolute atomic E-state index is 0.0675. The summed E-state index contributed by atoms with van der Waals surface area (Å²) in [6.07, 6.45) is 7.23. The van der Waals surface area contributed by atoms with Crippen LogP contribution in [0, 0.1) is 11.3 Å². The van der Waals surface area contributed by atoms with Crippen LogP contribution in [0.4, 0.5) is 0 Å². The molecule has 1 spiro atoms. The van der Waals surface area contributed by atoms with Gasteiger partial charge in [-0.25, -0.2) is 9.50 Å². The third-order valence-corrected chi connectivity index (χ3v) is 5.04. The molecule has 1 aliphatic carbocycles. The fraction of sp³-hybridized carbons (Fsp3) is 0.467. The fourth-order valence-corrected chi connectivity index (χ4v) is 3.55. The molecule has 2 aliphatic rings. The van der Waals surface area contributed by atoms with Crippen LogP contribution in [0.2, 0.25) is 0 Å². The van der Waals surface area contributed by atoms with Gasteiger partial charge in [0.05, 0.1) is 12.1 Å². The van der Waals surface area contributed by atoms with E-state index in [0.717, 1.165) is 19.3 Å². The Morgan fingerprint density at radius 3 is 2.77 bits per heavy atom. The summed E-state index contributed by atoms with van der Waals surface area (Å²) in [4.78, 5) is 29.7. The van der Waals surface area contributed by atoms with Crippen molar-refractivity contribution >= 4 is 17.5 Å². The van der Waals surface area contributed by atoms with Crippen LogP contribution in [0.15, 0.2) is 24.7 Å². The number of carbonyl (C=O) groups excluding carboxylic acids is 1. The van der Waals surface area contributed by atoms with Gasteiger partial charge in [-0.15, -0.1) is 0 Å². The predicted molar refractivity (Wildman–Crippen MR) is 76.3 cm³/mol. The third-order valence-electron chi connectivity index (χ3n) is 5.04. The monoisotopic (exact) mass is 300 g/mol. The minimum atomic E-state index is -0.702. The van der Waals surface area contributed by atoms with Crippen molar-refractivity contribution < 1.29 is 14.7 Å². The molecule has 114 valence electrons. The third kappa shape index (κ3) is 1.88. The average Bonchev–Trinajstić information content (AvgIpc) is 3.06. The molecule has 0 bridgehead atoms. The molecule has 7 heteroatoms. The summed E-state index contributed by atoms with van der Waals surface area (Å²) in [6.45, 7) is 1.21. The first-order valence-corrected chi connectivity index (χ1v) is 7.41. The van der Waals surface area contributed by atoms with Gasteiger partial charge in [-0.2, -0.15) is 5.10 Å². The molecule has 1 atom stereocenters. The van der Waals surface area contributed by atoms with Crippen molar-refractivity contribution in [2.45, 2.75) is 19.3 Å². The predicted octanol–water partition coefficient (Wildman–Crippen LogP) is 1.06. The molecule has 1 saturated carbocycles. The normalized spacial score (nSPS) is 22.9. The highest BCUT2D eigenvalue weighted by atomic mass is 16.4. The van der Waals surface area contributed by atoms with Gasteiger partial charge < -0.3 is 10.0 Å². The lowest BCUT2D eigenvalue weighted by Gasteiger charge is -2.32. The Kier molecular flexibility index (Phi) is 2.72. The van der Waals surface area contributed by atoms with Crippen LogP contribution in [0.1, 0.15) is 29.6 Å². The van der Waals surface area contributed by atoms with Gasteiger partial charge in [0.25, 0.3) is 5.91 Å². The highest BCUT2D eigenvalue weighted by Gasteiger charge is 2.59. The second-order valence-electron chi connectivity index (χ2n) is 6.20. The Morgan fingerprint density at radius 2 is 2.09 bits per heavy atom. The molecular weight excluding hydrogens is 284 g/mol. The van der Waals surface area contributed by atoms with E-state index in [1.807, 2.05) is 0 Å². The zero-order chi connectivity index (χ0) is 15.3. The first-order chi connectivity index (χ1) is 10.6. The van der Waals surface area contributed by atoms with E-state index in [9.17, 15) is 9.59 Å². The van der Waals surface area contributed by atoms with Crippen molar-refractivity contribution in [2.24, 2.45) is 11.3 Å². The number of likely N-dealkylation sites (tertiary alicyclic amines) is 1. The first kappa shape index (κ1) is 13.2. The molecule has 1 amide bonds. The van der Waals surface area contributed by atoms with Crippen LogP contribution in [0.25, 0.3) is 5.65 Å². The fourth-order valence-electron chi connectivity index (χ4n) is 3.55. The van der Waals surface area contributed by atoms with Crippen molar-refractivity contribution in [1.82, 2.24) is 19.5 Å². The van der Waals surface area contributed by atoms with Gasteiger partial charge in [-0.1, -0.05) is 0 Å². The molecule has 1 N–H and O–H groups in total. The zero-order valence-electron chi connectivity index (χ0n) is 12.0. The van der Waals surface area contributed by atoms with E-state index in [0.29, 0.717) is 24.3 Å². The molecule has 7 nitrogen and oxygen atoms in total. The summed E-state index contributed by atoms with van der Waals surface area (Å²) in [5.41, 5.74) is 0.992. The molecule has 2 aromatic heterocycles. The summed E-state index contributed by atoms with van der Waals surface area (Å²) >= 11 is 0. The number of carboxylic acid groups (broad SMARTS) is 1. The average molecular weight is 300 g/mol. The number of aromatic nitrogens is 3. The molecular formula is C15H16N4O3. The summed E-state index contributed by atoms with van der Waals surface area (Å²) < 4.78 is 1.58. The molecule has 1 saturated heterocycles. The van der Waals surface area contributed by atoms with Crippen molar-refractivity contribution in [2.75, 3.05) is 13.1 Å². The van der Waals surface area contributed by atoms with Crippen molar-refractivity contribution in [3.8, 4) is 0 Å². The number of hydrogen-bond donors (Lipinski definition) is 1. The van der Waals surface area contributed by atoms with Crippen LogP contribution in [-0.4, -0.2) is 49.6 Å². The van der Waals surface area contributed by atoms with Gasteiger partial charge in [-0.3, -0.25) is 9.59 Å². The van der Waals surface area contributed by atoms with Crippen LogP contribution >= 0.6 is 0 Å². The number of rotatable bonds is 2. The lowest BCUT2D eigenvalue weighted by atomic mass is 9.90. The van der Waals surface area contributed by atoms with Crippen molar-refractivity contribution in [3.63, 3.8) is 0 Å². The Labute approximate surface area is 126 Å². The van der Waals surface area contributed by atoms with E-state index < -0.39 is 5.97 Å². The van der Waals surface area contributed by atoms with Gasteiger partial charge in [0.15, 0.2) is 5.65 Å². The largest absolute Gasteiger partial charge is 0.481 e. The Hall–Kier alpha value is -2.44. The molecule has 2 fully saturated rings. The standard InChI is InChI=1S/C15H16N4O3/c20-13(10-9-17-19-5-1-4-16-12(10)19)18-6-2-15(3-7-18)8-11(15)14(21)22/h1,4-5,9,11H,2-3,6-8H2,(H,21,22). The summed E-state index contributed by atoms with van der Waals surface area (Å²) in [7, 11) is 0. The SMILES string of the molecule is O=C(O)C1CC12CCN(C(=O)c1cnn3cccnc13)CC2. The van der Waals surface area contributed by atoms with Crippen LogP contribution in [-0.2, 0) is 4.79 Å². The minimum Gasteiger partial charge on any atom is -0.481 e. The number of fused-ring (bicyclic) bond motifs is 1. The van der Waals surface area contributed by atoms with Crippen molar-refractivity contribution in [1.29, 1.82) is 0 Å². The van der Waals surface area contributed by atoms with Crippen LogP contribution < -0.4 is 0 Å². The Bertz CT molecular complexity index is 761. The molecule has 22 heavy (non-hydrogen) atoms. The van der Waals surface area contributed by atoms with Gasteiger partial charge in [0, 0.05) is 25.5 Å². The van der Waals surface area contributed by atoms with E-state index in [2.05, 4.69) is 10.1 Å². The Balaban J connectivity index is 1.50. The number of piperidine rings is 1. The summed E-state index contributed by atoms with van der Waals surface area (Å²) in [5.74, 6) is -0.994. The molecule has 0 radical (unpaired) electrons. The van der Waals surface area contributed by atoms with E-state index in [1.54, 1.807) is 34.1 Å². The maximum absolute atomic E-state index is 12.6. The van der Waals surface area contributed by atoms with E-state index in [-0.39, 0.29) is 17.2 Å². The number of carbonyl (C=O) groups is 2. The lowest BCUT2D eigenvalue weighted by Crippen LogP contribution is -2.40. The molecule has 1 unspecified atom stereocenters. The number of hydrogen-bond acceptors (Lipinski definition) is 4. The summed E-state index contributed by atoms with van der Waals surface area (Å²) in [5, 5.41) is 13.3. The molecule has 1 aliphatic heterocycles. The van der Waals surface area contributed by atoms with Gasteiger partial charge in [-0.05, 0) is 30.7 Å². The van der Waals surface area contributed by atoms with E-state index in [1.165, 1.54) is 0 Å². The quantitative estimate of drug-likeness (QED) is 0.896. The zero-order valence-corrected chi connectivity index (χ0v) is 12.0. The second kappa shape index (κ2) is 4.53. The van der Waals surface area contributed by atoms with Crippen LogP contribution in [0.3, 0.4) is 0 Å². The maximum atomic E-state index is 12.6. The molecule has 3 heterocycles. The van der Waals surface area contributed by atoms with Crippen molar-refractivity contribution in [3.05, 3.63) is 30.2 Å². The Morgan fingerprint density at radius 1 is 1.32 bits per heavy atom. The summed E-state index contributed by atoms with van der Waals surface area (Å²) in [6, 6.07) is 1.76. The number of amides is 1. The molecule has 0 aromatic carbocycles. The topological polar surface area (TPSA) is 87.8 Å². The van der Waals surface area contributed by atoms with Gasteiger partial charge >= 0.3 is 5.97 Å². The van der Waals surface area contributed by atoms with E-state index in [4.69, 9.17) is 5.11 Å². The van der Waals surface area contributed by atoms with Gasteiger partial charge in [0.2, 0.25) is 0 Å². The highest BCUT2D eigenvalue weighted by Crippen LogP contribution is 2.59. The van der Waals surface area contributed by atoms with Crippen LogP contribution in [0.5, 0.6) is 0 Å². The highest BCUT2D eigenvalue weighted by molar-refractivity contribution is 5.99. The molecule has 4 rings (SSSR count). The first-order valence-electron chi connectivity index (χ1n) is 7.41. The molecule has 2 aromatic rings. The van der Waals surface area contributed by atoms with Gasteiger partial charge in [0.1, 0.15) is 5.56 Å². The number of carboxylic acids is 1. The second-order valence-corrected chi connectivity index (χ2v) is 6.20. The number of aliphatic carboxylic acids is 1. The smallest absolute Gasteiger partial charge is 0.307 e. The lowest BCUT2D eigenvalue weighted by molar-refractivity contribution is -0.139. The number of nitrogens with zero attached hydrogens (tertiary/aromatic N) is 4. The van der Waals surface area contributed by atoms with E-state index >= 15 is 0 Å².